The van der Waals surface area contributed by atoms with E-state index in [-0.39, 0.29) is 11.4 Å². The van der Waals surface area contributed by atoms with Crippen LogP contribution in [0.2, 0.25) is 0 Å². The summed E-state index contributed by atoms with van der Waals surface area (Å²) >= 11 is 1.88. The van der Waals surface area contributed by atoms with E-state index in [1.165, 1.54) is 12.1 Å². The summed E-state index contributed by atoms with van der Waals surface area (Å²) in [5.74, 6) is 1.28. The fourth-order valence-electron chi connectivity index (χ4n) is 2.08. The topological polar surface area (TPSA) is 73.2 Å². The fraction of sp³-hybridized carbons (Fsp3) is 0.462. The molecule has 1 N–H and O–H groups in total. The minimum absolute atomic E-state index is 0.244. The quantitative estimate of drug-likeness (QED) is 0.873. The normalized spacial score (nSPS) is 16.6. The highest BCUT2D eigenvalue weighted by Crippen LogP contribution is 2.17. The van der Waals surface area contributed by atoms with E-state index in [4.69, 9.17) is 5.26 Å². The molecule has 0 spiro atoms. The standard InChI is InChI=1S/C13H16FN3O2S2/c14-12-2-1-3-13(11(12)10-15)21(18,19)16-4-5-17-6-8-20-9-7-17/h1-3,16H,4-9H2. The largest absolute Gasteiger partial charge is 0.300 e. The Morgan fingerprint density at radius 1 is 1.38 bits per heavy atom. The molecular formula is C13H16FN3O2S2. The Labute approximate surface area is 128 Å². The molecule has 114 valence electrons. The van der Waals surface area contributed by atoms with Gasteiger partial charge in [0.2, 0.25) is 10.0 Å². The average Bonchev–Trinajstić information content (AvgIpc) is 2.48. The number of hydrogen-bond donors (Lipinski definition) is 1. The van der Waals surface area contributed by atoms with E-state index >= 15 is 0 Å². The van der Waals surface area contributed by atoms with Gasteiger partial charge in [0.1, 0.15) is 22.3 Å². The third-order valence-electron chi connectivity index (χ3n) is 3.20. The second-order valence-corrected chi connectivity index (χ2v) is 7.54. The van der Waals surface area contributed by atoms with Crippen LogP contribution in [0.5, 0.6) is 0 Å². The zero-order valence-electron chi connectivity index (χ0n) is 11.4. The van der Waals surface area contributed by atoms with E-state index in [9.17, 15) is 12.8 Å². The van der Waals surface area contributed by atoms with E-state index in [2.05, 4.69) is 9.62 Å². The number of nitrogens with zero attached hydrogens (tertiary/aromatic N) is 2. The molecule has 8 heteroatoms. The summed E-state index contributed by atoms with van der Waals surface area (Å²) < 4.78 is 40.2. The number of nitriles is 1. The third-order valence-corrected chi connectivity index (χ3v) is 5.65. The molecule has 1 aromatic rings. The number of hydrogen-bond acceptors (Lipinski definition) is 5. The summed E-state index contributed by atoms with van der Waals surface area (Å²) in [5, 5.41) is 8.90. The van der Waals surface area contributed by atoms with Crippen LogP contribution in [0.3, 0.4) is 0 Å². The molecule has 0 aromatic heterocycles. The maximum atomic E-state index is 13.5. The molecule has 2 rings (SSSR count). The van der Waals surface area contributed by atoms with Crippen molar-refractivity contribution >= 4 is 21.8 Å². The Morgan fingerprint density at radius 2 is 2.10 bits per heavy atom. The predicted molar refractivity (Wildman–Crippen MR) is 80.1 cm³/mol. The second kappa shape index (κ2) is 7.22. The molecule has 0 saturated carbocycles. The van der Waals surface area contributed by atoms with Crippen LogP contribution in [0.25, 0.3) is 0 Å². The summed E-state index contributed by atoms with van der Waals surface area (Å²) in [6.45, 7) is 2.73. The van der Waals surface area contributed by atoms with Gasteiger partial charge in [0.05, 0.1) is 0 Å². The molecule has 21 heavy (non-hydrogen) atoms. The van der Waals surface area contributed by atoms with E-state index in [1.807, 2.05) is 11.8 Å². The van der Waals surface area contributed by atoms with Crippen molar-refractivity contribution in [2.24, 2.45) is 0 Å². The van der Waals surface area contributed by atoms with Gasteiger partial charge < -0.3 is 4.90 Å². The minimum Gasteiger partial charge on any atom is -0.300 e. The van der Waals surface area contributed by atoms with Crippen LogP contribution in [-0.4, -0.2) is 51.0 Å². The summed E-state index contributed by atoms with van der Waals surface area (Å²) in [7, 11) is -3.87. The Kier molecular flexibility index (Phi) is 5.58. The van der Waals surface area contributed by atoms with Crippen LogP contribution in [0.1, 0.15) is 5.56 Å². The first-order chi connectivity index (χ1) is 10.0. The minimum atomic E-state index is -3.87. The van der Waals surface area contributed by atoms with Gasteiger partial charge in [-0.3, -0.25) is 0 Å². The van der Waals surface area contributed by atoms with E-state index in [1.54, 1.807) is 6.07 Å². The molecule has 0 unspecified atom stereocenters. The Bertz CT molecular complexity index is 637. The van der Waals surface area contributed by atoms with Crippen LogP contribution in [0.4, 0.5) is 4.39 Å². The van der Waals surface area contributed by atoms with Gasteiger partial charge in [-0.1, -0.05) is 6.07 Å². The molecule has 1 aliphatic rings. The number of thioether (sulfide) groups is 1. The molecule has 5 nitrogen and oxygen atoms in total. The molecule has 0 radical (unpaired) electrons. The number of halogens is 1. The van der Waals surface area contributed by atoms with Crippen molar-refractivity contribution in [2.45, 2.75) is 4.90 Å². The van der Waals surface area contributed by atoms with E-state index in [0.717, 1.165) is 30.7 Å². The highest BCUT2D eigenvalue weighted by Gasteiger charge is 2.21. The monoisotopic (exact) mass is 329 g/mol. The summed E-state index contributed by atoms with van der Waals surface area (Å²) in [6.07, 6.45) is 0. The zero-order chi connectivity index (χ0) is 15.3. The smallest absolute Gasteiger partial charge is 0.242 e. The first kappa shape index (κ1) is 16.2. The van der Waals surface area contributed by atoms with Crippen LogP contribution in [0, 0.1) is 17.1 Å². The van der Waals surface area contributed by atoms with Crippen LogP contribution < -0.4 is 4.72 Å². The molecule has 1 fully saturated rings. The lowest BCUT2D eigenvalue weighted by atomic mass is 10.2. The molecule has 0 atom stereocenters. The maximum absolute atomic E-state index is 13.5. The van der Waals surface area contributed by atoms with Crippen molar-refractivity contribution in [2.75, 3.05) is 37.7 Å². The van der Waals surface area contributed by atoms with Crippen molar-refractivity contribution < 1.29 is 12.8 Å². The first-order valence-electron chi connectivity index (χ1n) is 6.53. The summed E-state index contributed by atoms with van der Waals surface area (Å²) in [5.41, 5.74) is -0.445. The van der Waals surface area contributed by atoms with E-state index < -0.39 is 21.4 Å². The van der Waals surface area contributed by atoms with Gasteiger partial charge in [0.25, 0.3) is 0 Å². The summed E-state index contributed by atoms with van der Waals surface area (Å²) in [6, 6.07) is 5.20. The number of nitrogens with one attached hydrogen (secondary N) is 1. The molecule has 1 aliphatic heterocycles. The van der Waals surface area contributed by atoms with Crippen molar-refractivity contribution in [3.05, 3.63) is 29.6 Å². The Hall–Kier alpha value is -1.14. The van der Waals surface area contributed by atoms with Gasteiger partial charge in [-0.05, 0) is 12.1 Å². The fourth-order valence-corrected chi connectivity index (χ4v) is 4.24. The average molecular weight is 329 g/mol. The molecular weight excluding hydrogens is 313 g/mol. The molecule has 1 saturated heterocycles. The van der Waals surface area contributed by atoms with Gasteiger partial charge >= 0.3 is 0 Å². The lowest BCUT2D eigenvalue weighted by Crippen LogP contribution is -2.39. The van der Waals surface area contributed by atoms with Crippen molar-refractivity contribution in [3.8, 4) is 6.07 Å². The maximum Gasteiger partial charge on any atom is 0.242 e. The zero-order valence-corrected chi connectivity index (χ0v) is 13.0. The third kappa shape index (κ3) is 4.17. The van der Waals surface area contributed by atoms with Crippen LogP contribution >= 0.6 is 11.8 Å². The van der Waals surface area contributed by atoms with Crippen LogP contribution in [-0.2, 0) is 10.0 Å². The predicted octanol–water partition coefficient (Wildman–Crippen LogP) is 1.02. The van der Waals surface area contributed by atoms with Gasteiger partial charge in [0, 0.05) is 37.7 Å². The van der Waals surface area contributed by atoms with Gasteiger partial charge in [-0.15, -0.1) is 0 Å². The SMILES string of the molecule is N#Cc1c(F)cccc1S(=O)(=O)NCCN1CCSCC1. The van der Waals surface area contributed by atoms with Crippen molar-refractivity contribution in [3.63, 3.8) is 0 Å². The first-order valence-corrected chi connectivity index (χ1v) is 9.17. The van der Waals surface area contributed by atoms with E-state index in [0.29, 0.717) is 6.54 Å². The summed E-state index contributed by atoms with van der Waals surface area (Å²) in [4.78, 5) is 1.87. The molecule has 0 aliphatic carbocycles. The lowest BCUT2D eigenvalue weighted by molar-refractivity contribution is 0.307. The molecule has 0 amide bonds. The molecule has 1 heterocycles. The van der Waals surface area contributed by atoms with Crippen molar-refractivity contribution in [1.82, 2.24) is 9.62 Å². The Balaban J connectivity index is 2.02. The number of benzene rings is 1. The van der Waals surface area contributed by atoms with Gasteiger partial charge in [0.15, 0.2) is 0 Å². The van der Waals surface area contributed by atoms with Gasteiger partial charge in [-0.25, -0.2) is 17.5 Å². The van der Waals surface area contributed by atoms with Gasteiger partial charge in [-0.2, -0.15) is 17.0 Å². The molecule has 1 aromatic carbocycles. The highest BCUT2D eigenvalue weighted by molar-refractivity contribution is 7.99. The lowest BCUT2D eigenvalue weighted by Gasteiger charge is -2.26. The van der Waals surface area contributed by atoms with Crippen molar-refractivity contribution in [1.29, 1.82) is 5.26 Å². The highest BCUT2D eigenvalue weighted by atomic mass is 32.2. The number of rotatable bonds is 5. The number of sulfonamides is 1. The van der Waals surface area contributed by atoms with Crippen LogP contribution in [0.15, 0.2) is 23.1 Å². The second-order valence-electron chi connectivity index (χ2n) is 4.58. The molecule has 0 bridgehead atoms. The Morgan fingerprint density at radius 3 is 2.76 bits per heavy atom.